The van der Waals surface area contributed by atoms with Gasteiger partial charge in [0.25, 0.3) is 0 Å². The highest BCUT2D eigenvalue weighted by molar-refractivity contribution is 6.13. The van der Waals surface area contributed by atoms with Gasteiger partial charge in [0.15, 0.2) is 5.78 Å². The molecule has 4 nitrogen and oxygen atoms in total. The molecule has 5 aromatic carbocycles. The number of nitrogens with zero attached hydrogens (tertiary/aromatic N) is 2. The van der Waals surface area contributed by atoms with E-state index in [0.717, 1.165) is 55.5 Å². The summed E-state index contributed by atoms with van der Waals surface area (Å²) in [5.74, 6) is 1.44. The fraction of sp³-hybridized carbons (Fsp3) is 0.0278. The summed E-state index contributed by atoms with van der Waals surface area (Å²) in [5, 5.41) is 4.54. The predicted octanol–water partition coefficient (Wildman–Crippen LogP) is 9.27. The van der Waals surface area contributed by atoms with Crippen molar-refractivity contribution in [1.82, 2.24) is 9.97 Å². The van der Waals surface area contributed by atoms with E-state index in [-0.39, 0.29) is 5.78 Å². The van der Waals surface area contributed by atoms with Crippen molar-refractivity contribution >= 4 is 38.4 Å². The van der Waals surface area contributed by atoms with Crippen LogP contribution in [0.2, 0.25) is 0 Å². The average Bonchev–Trinajstić information content (AvgIpc) is 3.01. The zero-order valence-electron chi connectivity index (χ0n) is 21.8. The SMILES string of the molecule is CC(=O)c1ccc(Oc2ccc(-c3cc(-c4ccc5ccccc5n4)nc4ccc5ccccc5c34)cc2)cc1. The van der Waals surface area contributed by atoms with Gasteiger partial charge in [-0.1, -0.05) is 66.7 Å². The van der Waals surface area contributed by atoms with Crippen LogP contribution in [0.4, 0.5) is 0 Å². The molecule has 7 rings (SSSR count). The first kappa shape index (κ1) is 23.7. The van der Waals surface area contributed by atoms with E-state index in [0.29, 0.717) is 11.3 Å². The molecule has 0 unspecified atom stereocenters. The molecule has 0 saturated heterocycles. The first-order valence-electron chi connectivity index (χ1n) is 13.2. The number of rotatable bonds is 5. The van der Waals surface area contributed by atoms with E-state index in [1.54, 1.807) is 19.1 Å². The second-order valence-corrected chi connectivity index (χ2v) is 9.83. The highest BCUT2D eigenvalue weighted by atomic mass is 16.5. The minimum Gasteiger partial charge on any atom is -0.457 e. The molecule has 0 N–H and O–H groups in total. The summed E-state index contributed by atoms with van der Waals surface area (Å²) < 4.78 is 6.06. The van der Waals surface area contributed by atoms with E-state index in [2.05, 4.69) is 66.7 Å². The number of hydrogen-bond donors (Lipinski definition) is 0. The van der Waals surface area contributed by atoms with Crippen LogP contribution in [0.15, 0.2) is 127 Å². The van der Waals surface area contributed by atoms with Crippen molar-refractivity contribution in [3.8, 4) is 34.0 Å². The maximum absolute atomic E-state index is 11.6. The number of fused-ring (bicyclic) bond motifs is 4. The molecule has 40 heavy (non-hydrogen) atoms. The molecular formula is C36H24N2O2. The molecule has 4 heteroatoms. The van der Waals surface area contributed by atoms with Crippen LogP contribution < -0.4 is 4.74 Å². The molecule has 0 spiro atoms. The standard InChI is InChI=1S/C36H24N2O2/c1-23(39)24-10-16-28(17-11-24)40-29-18-12-26(13-19-29)31-22-35(33-20-15-27-7-3-5-9-32(27)37-33)38-34-21-14-25-6-2-4-8-30(25)36(31)34/h2-22H,1H3. The van der Waals surface area contributed by atoms with Gasteiger partial charge in [0, 0.05) is 16.3 Å². The zero-order chi connectivity index (χ0) is 27.1. The van der Waals surface area contributed by atoms with Gasteiger partial charge >= 0.3 is 0 Å². The third-order valence-corrected chi connectivity index (χ3v) is 7.22. The Balaban J connectivity index is 1.34. The number of benzene rings is 5. The molecule has 7 aromatic rings. The van der Waals surface area contributed by atoms with Crippen molar-refractivity contribution < 1.29 is 9.53 Å². The Bertz CT molecular complexity index is 2050. The van der Waals surface area contributed by atoms with E-state index >= 15 is 0 Å². The van der Waals surface area contributed by atoms with E-state index in [4.69, 9.17) is 14.7 Å². The number of pyridine rings is 2. The third kappa shape index (κ3) is 4.36. The van der Waals surface area contributed by atoms with Crippen molar-refractivity contribution in [2.24, 2.45) is 0 Å². The molecule has 0 fully saturated rings. The fourth-order valence-corrected chi connectivity index (χ4v) is 5.17. The third-order valence-electron chi connectivity index (χ3n) is 7.22. The lowest BCUT2D eigenvalue weighted by Gasteiger charge is -2.14. The number of para-hydroxylation sites is 1. The largest absolute Gasteiger partial charge is 0.457 e. The normalized spacial score (nSPS) is 11.2. The lowest BCUT2D eigenvalue weighted by Crippen LogP contribution is -1.94. The van der Waals surface area contributed by atoms with Gasteiger partial charge in [0.1, 0.15) is 11.5 Å². The highest BCUT2D eigenvalue weighted by Gasteiger charge is 2.14. The summed E-state index contributed by atoms with van der Waals surface area (Å²) in [6, 6.07) is 42.3. The summed E-state index contributed by atoms with van der Waals surface area (Å²) >= 11 is 0. The highest BCUT2D eigenvalue weighted by Crippen LogP contribution is 2.37. The molecule has 0 amide bonds. The zero-order valence-corrected chi connectivity index (χ0v) is 21.8. The van der Waals surface area contributed by atoms with Crippen molar-refractivity contribution in [2.45, 2.75) is 6.92 Å². The van der Waals surface area contributed by atoms with Crippen LogP contribution in [0, 0.1) is 0 Å². The Morgan fingerprint density at radius 1 is 0.600 bits per heavy atom. The van der Waals surface area contributed by atoms with Gasteiger partial charge in [-0.3, -0.25) is 4.79 Å². The molecule has 0 radical (unpaired) electrons. The molecule has 0 aliphatic carbocycles. The Kier molecular flexibility index (Phi) is 5.79. The quantitative estimate of drug-likeness (QED) is 0.169. The van der Waals surface area contributed by atoms with Crippen molar-refractivity contribution in [3.05, 3.63) is 133 Å². The molecule has 2 heterocycles. The van der Waals surface area contributed by atoms with Gasteiger partial charge in [-0.25, -0.2) is 9.97 Å². The van der Waals surface area contributed by atoms with Crippen LogP contribution >= 0.6 is 0 Å². The van der Waals surface area contributed by atoms with E-state index < -0.39 is 0 Å². The number of hydrogen-bond acceptors (Lipinski definition) is 4. The van der Waals surface area contributed by atoms with Crippen LogP contribution in [0.3, 0.4) is 0 Å². The summed E-state index contributed by atoms with van der Waals surface area (Å²) in [6.45, 7) is 1.56. The van der Waals surface area contributed by atoms with Gasteiger partial charge in [-0.15, -0.1) is 0 Å². The average molecular weight is 517 g/mol. The van der Waals surface area contributed by atoms with Crippen LogP contribution in [0.1, 0.15) is 17.3 Å². The van der Waals surface area contributed by atoms with Crippen LogP contribution in [-0.4, -0.2) is 15.8 Å². The van der Waals surface area contributed by atoms with Crippen LogP contribution in [-0.2, 0) is 0 Å². The Morgan fingerprint density at radius 3 is 2.02 bits per heavy atom. The van der Waals surface area contributed by atoms with Gasteiger partial charge in [-0.2, -0.15) is 0 Å². The molecular weight excluding hydrogens is 492 g/mol. The smallest absolute Gasteiger partial charge is 0.159 e. The van der Waals surface area contributed by atoms with Crippen molar-refractivity contribution in [1.29, 1.82) is 0 Å². The fourth-order valence-electron chi connectivity index (χ4n) is 5.17. The minimum atomic E-state index is 0.0336. The Hall–Kier alpha value is -5.35. The lowest BCUT2D eigenvalue weighted by molar-refractivity contribution is 0.101. The summed E-state index contributed by atoms with van der Waals surface area (Å²) in [6.07, 6.45) is 0. The number of ketones is 1. The Labute approximate surface area is 231 Å². The molecule has 0 aliphatic rings. The second-order valence-electron chi connectivity index (χ2n) is 9.83. The number of Topliss-reactive ketones (excluding diaryl/α,β-unsaturated/α-hetero) is 1. The van der Waals surface area contributed by atoms with Gasteiger partial charge in [0.2, 0.25) is 0 Å². The van der Waals surface area contributed by atoms with Crippen LogP contribution in [0.5, 0.6) is 11.5 Å². The first-order chi connectivity index (χ1) is 19.6. The monoisotopic (exact) mass is 516 g/mol. The number of carbonyl (C=O) groups is 1. The Morgan fingerprint density at radius 2 is 1.25 bits per heavy atom. The predicted molar refractivity (Wildman–Crippen MR) is 162 cm³/mol. The molecule has 0 bridgehead atoms. The van der Waals surface area contributed by atoms with Crippen molar-refractivity contribution in [3.63, 3.8) is 0 Å². The minimum absolute atomic E-state index is 0.0336. The lowest BCUT2D eigenvalue weighted by atomic mass is 9.95. The maximum atomic E-state index is 11.6. The molecule has 0 aliphatic heterocycles. The number of ether oxygens (including phenoxy) is 1. The van der Waals surface area contributed by atoms with Crippen LogP contribution in [0.25, 0.3) is 55.1 Å². The number of aromatic nitrogens is 2. The maximum Gasteiger partial charge on any atom is 0.159 e. The summed E-state index contributed by atoms with van der Waals surface area (Å²) in [5.41, 5.74) is 6.34. The van der Waals surface area contributed by atoms with E-state index in [1.165, 1.54) is 5.39 Å². The molecule has 190 valence electrons. The van der Waals surface area contributed by atoms with E-state index in [1.807, 2.05) is 48.5 Å². The second kappa shape index (κ2) is 9.75. The van der Waals surface area contributed by atoms with Gasteiger partial charge in [-0.05, 0) is 89.5 Å². The van der Waals surface area contributed by atoms with E-state index in [9.17, 15) is 4.79 Å². The van der Waals surface area contributed by atoms with Crippen molar-refractivity contribution in [2.75, 3.05) is 0 Å². The van der Waals surface area contributed by atoms with Gasteiger partial charge < -0.3 is 4.74 Å². The molecule has 2 aromatic heterocycles. The number of carbonyl (C=O) groups excluding carboxylic acids is 1. The summed E-state index contributed by atoms with van der Waals surface area (Å²) in [7, 11) is 0. The molecule has 0 atom stereocenters. The first-order valence-corrected chi connectivity index (χ1v) is 13.2. The van der Waals surface area contributed by atoms with Gasteiger partial charge in [0.05, 0.1) is 22.4 Å². The molecule has 0 saturated carbocycles. The topological polar surface area (TPSA) is 52.1 Å². The summed E-state index contributed by atoms with van der Waals surface area (Å²) in [4.78, 5) is 21.6.